The van der Waals surface area contributed by atoms with Gasteiger partial charge in [-0.1, -0.05) is 41.9 Å². The van der Waals surface area contributed by atoms with Crippen LogP contribution in [0.1, 0.15) is 11.1 Å². The molecule has 0 unspecified atom stereocenters. The van der Waals surface area contributed by atoms with Crippen molar-refractivity contribution in [3.05, 3.63) is 64.7 Å². The Morgan fingerprint density at radius 2 is 1.80 bits per heavy atom. The zero-order valence-corrected chi connectivity index (χ0v) is 11.4. The van der Waals surface area contributed by atoms with Gasteiger partial charge in [0.1, 0.15) is 5.75 Å². The quantitative estimate of drug-likeness (QED) is 0.861. The van der Waals surface area contributed by atoms with Crippen molar-refractivity contribution >= 4 is 11.6 Å². The van der Waals surface area contributed by atoms with Crippen molar-refractivity contribution in [2.75, 3.05) is 0 Å². The molecule has 106 valence electrons. The van der Waals surface area contributed by atoms with Crippen molar-refractivity contribution in [3.63, 3.8) is 0 Å². The SMILES string of the molecule is FC(F)Oc1ccc(Cl)cc1CNCc1ccccc1. The molecule has 0 radical (unpaired) electrons. The second kappa shape index (κ2) is 7.22. The van der Waals surface area contributed by atoms with E-state index in [0.717, 1.165) is 5.56 Å². The van der Waals surface area contributed by atoms with Crippen LogP contribution in [0.25, 0.3) is 0 Å². The number of hydrogen-bond acceptors (Lipinski definition) is 2. The second-order valence-electron chi connectivity index (χ2n) is 4.22. The largest absolute Gasteiger partial charge is 0.434 e. The van der Waals surface area contributed by atoms with E-state index in [1.54, 1.807) is 6.07 Å². The van der Waals surface area contributed by atoms with Crippen LogP contribution in [-0.2, 0) is 13.1 Å². The molecule has 2 aromatic rings. The van der Waals surface area contributed by atoms with E-state index in [-0.39, 0.29) is 5.75 Å². The van der Waals surface area contributed by atoms with Gasteiger partial charge in [0, 0.05) is 23.7 Å². The van der Waals surface area contributed by atoms with Crippen molar-refractivity contribution in [2.45, 2.75) is 19.7 Å². The lowest BCUT2D eigenvalue weighted by molar-refractivity contribution is -0.0505. The second-order valence-corrected chi connectivity index (χ2v) is 4.66. The molecule has 2 nitrogen and oxygen atoms in total. The number of ether oxygens (including phenoxy) is 1. The average molecular weight is 298 g/mol. The summed E-state index contributed by atoms with van der Waals surface area (Å²) < 4.78 is 29.1. The van der Waals surface area contributed by atoms with E-state index in [1.165, 1.54) is 12.1 Å². The molecule has 0 aliphatic heterocycles. The Bertz CT molecular complexity index is 549. The highest BCUT2D eigenvalue weighted by molar-refractivity contribution is 6.30. The van der Waals surface area contributed by atoms with Crippen molar-refractivity contribution < 1.29 is 13.5 Å². The number of rotatable bonds is 6. The molecule has 0 heterocycles. The summed E-state index contributed by atoms with van der Waals surface area (Å²) in [5.41, 5.74) is 1.72. The Kier molecular flexibility index (Phi) is 5.32. The maximum atomic E-state index is 12.3. The van der Waals surface area contributed by atoms with Gasteiger partial charge in [0.05, 0.1) is 0 Å². The standard InChI is InChI=1S/C15H14ClF2NO/c16-13-6-7-14(20-15(17)18)12(8-13)10-19-9-11-4-2-1-3-5-11/h1-8,15,19H,9-10H2. The lowest BCUT2D eigenvalue weighted by atomic mass is 10.2. The number of alkyl halides is 2. The highest BCUT2D eigenvalue weighted by Gasteiger charge is 2.10. The Morgan fingerprint density at radius 3 is 2.50 bits per heavy atom. The topological polar surface area (TPSA) is 21.3 Å². The molecule has 0 aromatic heterocycles. The Labute approximate surface area is 121 Å². The van der Waals surface area contributed by atoms with E-state index in [9.17, 15) is 8.78 Å². The van der Waals surface area contributed by atoms with Gasteiger partial charge in [-0.2, -0.15) is 8.78 Å². The summed E-state index contributed by atoms with van der Waals surface area (Å²) in [6.07, 6.45) is 0. The molecule has 5 heteroatoms. The predicted octanol–water partition coefficient (Wildman–Crippen LogP) is 4.23. The van der Waals surface area contributed by atoms with Gasteiger partial charge in [0.25, 0.3) is 0 Å². The first-order chi connectivity index (χ1) is 9.65. The molecule has 0 amide bonds. The molecule has 2 aromatic carbocycles. The molecule has 1 N–H and O–H groups in total. The molecule has 0 bridgehead atoms. The van der Waals surface area contributed by atoms with Crippen molar-refractivity contribution in [2.24, 2.45) is 0 Å². The Hall–Kier alpha value is -1.65. The van der Waals surface area contributed by atoms with Gasteiger partial charge in [-0.3, -0.25) is 0 Å². The van der Waals surface area contributed by atoms with E-state index in [1.807, 2.05) is 30.3 Å². The lowest BCUT2D eigenvalue weighted by Crippen LogP contribution is -2.14. The molecule has 0 atom stereocenters. The van der Waals surface area contributed by atoms with Gasteiger partial charge in [0.2, 0.25) is 0 Å². The maximum Gasteiger partial charge on any atom is 0.387 e. The smallest absolute Gasteiger partial charge is 0.387 e. The summed E-state index contributed by atoms with van der Waals surface area (Å²) >= 11 is 5.88. The molecule has 2 rings (SSSR count). The predicted molar refractivity (Wildman–Crippen MR) is 75.1 cm³/mol. The van der Waals surface area contributed by atoms with Gasteiger partial charge in [-0.25, -0.2) is 0 Å². The maximum absolute atomic E-state index is 12.3. The number of nitrogens with one attached hydrogen (secondary N) is 1. The molecule has 20 heavy (non-hydrogen) atoms. The minimum atomic E-state index is -2.84. The van der Waals surface area contributed by atoms with Crippen LogP contribution in [0.15, 0.2) is 48.5 Å². The van der Waals surface area contributed by atoms with Crippen LogP contribution in [0, 0.1) is 0 Å². The highest BCUT2D eigenvalue weighted by Crippen LogP contribution is 2.24. The van der Waals surface area contributed by atoms with E-state index in [0.29, 0.717) is 23.7 Å². The first kappa shape index (κ1) is 14.8. The molecule has 0 aliphatic rings. The van der Waals surface area contributed by atoms with E-state index in [2.05, 4.69) is 10.1 Å². The summed E-state index contributed by atoms with van der Waals surface area (Å²) in [4.78, 5) is 0. The van der Waals surface area contributed by atoms with Crippen LogP contribution >= 0.6 is 11.6 Å². The minimum Gasteiger partial charge on any atom is -0.434 e. The van der Waals surface area contributed by atoms with Gasteiger partial charge in [-0.15, -0.1) is 0 Å². The summed E-state index contributed by atoms with van der Waals surface area (Å²) in [6, 6.07) is 14.4. The first-order valence-corrected chi connectivity index (χ1v) is 6.51. The molecule has 0 spiro atoms. The van der Waals surface area contributed by atoms with E-state index < -0.39 is 6.61 Å². The molecule has 0 fully saturated rings. The summed E-state index contributed by atoms with van der Waals surface area (Å²) in [5, 5.41) is 3.66. The van der Waals surface area contributed by atoms with Gasteiger partial charge < -0.3 is 10.1 Å². The van der Waals surface area contributed by atoms with Crippen LogP contribution in [0.3, 0.4) is 0 Å². The lowest BCUT2D eigenvalue weighted by Gasteiger charge is -2.12. The van der Waals surface area contributed by atoms with Crippen molar-refractivity contribution in [3.8, 4) is 5.75 Å². The third-order valence-corrected chi connectivity index (χ3v) is 2.96. The number of benzene rings is 2. The fourth-order valence-corrected chi connectivity index (χ4v) is 2.03. The monoisotopic (exact) mass is 297 g/mol. The fraction of sp³-hybridized carbons (Fsp3) is 0.200. The fourth-order valence-electron chi connectivity index (χ4n) is 1.83. The van der Waals surface area contributed by atoms with Crippen molar-refractivity contribution in [1.29, 1.82) is 0 Å². The van der Waals surface area contributed by atoms with E-state index in [4.69, 9.17) is 11.6 Å². The van der Waals surface area contributed by atoms with Gasteiger partial charge in [-0.05, 0) is 23.8 Å². The molecule has 0 aliphatic carbocycles. The van der Waals surface area contributed by atoms with Crippen LogP contribution < -0.4 is 10.1 Å². The zero-order valence-electron chi connectivity index (χ0n) is 10.7. The van der Waals surface area contributed by atoms with Crippen LogP contribution in [0.5, 0.6) is 5.75 Å². The summed E-state index contributed by atoms with van der Waals surface area (Å²) in [5.74, 6) is 0.143. The van der Waals surface area contributed by atoms with Gasteiger partial charge in [0.15, 0.2) is 0 Å². The number of hydrogen-bond donors (Lipinski definition) is 1. The van der Waals surface area contributed by atoms with Crippen LogP contribution in [0.4, 0.5) is 8.78 Å². The third-order valence-electron chi connectivity index (χ3n) is 2.73. The minimum absolute atomic E-state index is 0.143. The van der Waals surface area contributed by atoms with Gasteiger partial charge >= 0.3 is 6.61 Å². The van der Waals surface area contributed by atoms with E-state index >= 15 is 0 Å². The highest BCUT2D eigenvalue weighted by atomic mass is 35.5. The molecular formula is C15H14ClF2NO. The Balaban J connectivity index is 1.99. The summed E-state index contributed by atoms with van der Waals surface area (Å²) in [7, 11) is 0. The number of halogens is 3. The molecule has 0 saturated heterocycles. The summed E-state index contributed by atoms with van der Waals surface area (Å²) in [6.45, 7) is -1.80. The van der Waals surface area contributed by atoms with Crippen LogP contribution in [-0.4, -0.2) is 6.61 Å². The zero-order chi connectivity index (χ0) is 14.4. The first-order valence-electron chi connectivity index (χ1n) is 6.13. The molecule has 0 saturated carbocycles. The third kappa shape index (κ3) is 4.47. The van der Waals surface area contributed by atoms with Crippen molar-refractivity contribution in [1.82, 2.24) is 5.32 Å². The Morgan fingerprint density at radius 1 is 1.05 bits per heavy atom. The van der Waals surface area contributed by atoms with Crippen LogP contribution in [0.2, 0.25) is 5.02 Å². The molecular weight excluding hydrogens is 284 g/mol. The average Bonchev–Trinajstić information content (AvgIpc) is 2.42. The normalized spacial score (nSPS) is 10.8.